The molecular formula is C41H49NO4. The molecule has 0 heterocycles. The van der Waals surface area contributed by atoms with Gasteiger partial charge in [0.15, 0.2) is 5.78 Å². The van der Waals surface area contributed by atoms with Crippen LogP contribution in [0.25, 0.3) is 33.7 Å². The number of fused-ring (bicyclic) bond motifs is 2. The van der Waals surface area contributed by atoms with E-state index in [1.807, 2.05) is 75.4 Å². The number of rotatable bonds is 16. The van der Waals surface area contributed by atoms with Crippen LogP contribution in [0.5, 0.6) is 11.5 Å². The minimum Gasteiger partial charge on any atom is -0.492 e. The maximum atomic E-state index is 13.2. The van der Waals surface area contributed by atoms with Crippen molar-refractivity contribution >= 4 is 39.5 Å². The summed E-state index contributed by atoms with van der Waals surface area (Å²) in [7, 11) is 0. The first kappa shape index (κ1) is 34.7. The van der Waals surface area contributed by atoms with E-state index in [0.29, 0.717) is 32.3 Å². The van der Waals surface area contributed by atoms with Gasteiger partial charge in [-0.1, -0.05) is 106 Å². The zero-order valence-electron chi connectivity index (χ0n) is 28.3. The maximum absolute atomic E-state index is 13.2. The fourth-order valence-electron chi connectivity index (χ4n) is 5.24. The lowest BCUT2D eigenvalue weighted by molar-refractivity contribution is -0.113. The summed E-state index contributed by atoms with van der Waals surface area (Å²) < 4.78 is 18.0. The molecule has 5 heteroatoms. The molecule has 46 heavy (non-hydrogen) atoms. The third-order valence-corrected chi connectivity index (χ3v) is 7.39. The highest BCUT2D eigenvalue weighted by molar-refractivity contribution is 6.00. The first-order chi connectivity index (χ1) is 22.1. The lowest BCUT2D eigenvalue weighted by Gasteiger charge is -2.19. The number of carbonyl (C=O) groups is 1. The van der Waals surface area contributed by atoms with Crippen molar-refractivity contribution in [2.24, 2.45) is 0 Å². The third-order valence-electron chi connectivity index (χ3n) is 7.39. The van der Waals surface area contributed by atoms with Crippen molar-refractivity contribution < 1.29 is 19.0 Å². The molecule has 0 saturated heterocycles. The van der Waals surface area contributed by atoms with E-state index in [0.717, 1.165) is 62.7 Å². The highest BCUT2D eigenvalue weighted by atomic mass is 16.5. The standard InChI is InChI=1S/C41H49NO4/c1-7-12-31(17-18-32-20-23-39(44-26-25-42-30(2)3)37-15-10-8-13-35(32)37)29-34(43)22-19-33-21-24-40(38-16-11-9-14-36(33)38)45-27-28-46-41(4,5)6/h8-24,30,42H,7,25-29H2,1-6H3/b18-17+,22-19+,31-12-. The van der Waals surface area contributed by atoms with E-state index in [-0.39, 0.29) is 11.4 Å². The van der Waals surface area contributed by atoms with Gasteiger partial charge in [-0.3, -0.25) is 4.79 Å². The zero-order valence-corrected chi connectivity index (χ0v) is 28.3. The number of ketones is 1. The summed E-state index contributed by atoms with van der Waals surface area (Å²) in [6.45, 7) is 14.8. The van der Waals surface area contributed by atoms with Crippen molar-refractivity contribution in [3.63, 3.8) is 0 Å². The van der Waals surface area contributed by atoms with E-state index in [9.17, 15) is 4.79 Å². The van der Waals surface area contributed by atoms with Crippen molar-refractivity contribution in [1.29, 1.82) is 0 Å². The number of ether oxygens (including phenoxy) is 3. The Labute approximate surface area is 274 Å². The molecule has 0 unspecified atom stereocenters. The van der Waals surface area contributed by atoms with Crippen molar-refractivity contribution in [1.82, 2.24) is 5.32 Å². The van der Waals surface area contributed by atoms with E-state index in [1.165, 1.54) is 0 Å². The third kappa shape index (κ3) is 10.4. The van der Waals surface area contributed by atoms with E-state index in [2.05, 4.69) is 68.6 Å². The monoisotopic (exact) mass is 619 g/mol. The number of hydrogen-bond acceptors (Lipinski definition) is 5. The summed E-state index contributed by atoms with van der Waals surface area (Å²) in [4.78, 5) is 13.2. The Bertz CT molecular complexity index is 1690. The van der Waals surface area contributed by atoms with Crippen LogP contribution in [0.2, 0.25) is 0 Å². The fourth-order valence-corrected chi connectivity index (χ4v) is 5.24. The molecule has 1 N–H and O–H groups in total. The molecule has 0 aliphatic carbocycles. The largest absolute Gasteiger partial charge is 0.492 e. The Balaban J connectivity index is 1.44. The van der Waals surface area contributed by atoms with Gasteiger partial charge in [-0.15, -0.1) is 0 Å². The highest BCUT2D eigenvalue weighted by Crippen LogP contribution is 2.31. The number of benzene rings is 4. The number of allylic oxidation sites excluding steroid dienone is 4. The summed E-state index contributed by atoms with van der Waals surface area (Å²) in [5, 5.41) is 7.65. The Morgan fingerprint density at radius 3 is 1.83 bits per heavy atom. The van der Waals surface area contributed by atoms with Crippen LogP contribution in [0, 0.1) is 0 Å². The normalized spacial score (nSPS) is 12.6. The van der Waals surface area contributed by atoms with Crippen molar-refractivity contribution in [2.75, 3.05) is 26.4 Å². The van der Waals surface area contributed by atoms with E-state index >= 15 is 0 Å². The second-order valence-electron chi connectivity index (χ2n) is 12.7. The van der Waals surface area contributed by atoms with E-state index < -0.39 is 0 Å². The molecule has 0 fully saturated rings. The summed E-state index contributed by atoms with van der Waals surface area (Å²) >= 11 is 0. The molecular weight excluding hydrogens is 570 g/mol. The van der Waals surface area contributed by atoms with Crippen LogP contribution in [0.3, 0.4) is 0 Å². The molecule has 0 aliphatic rings. The van der Waals surface area contributed by atoms with Crippen LogP contribution < -0.4 is 14.8 Å². The molecule has 0 aliphatic heterocycles. The summed E-state index contributed by atoms with van der Waals surface area (Å²) in [6, 6.07) is 24.9. The molecule has 4 rings (SSSR count). The van der Waals surface area contributed by atoms with Gasteiger partial charge in [-0.25, -0.2) is 0 Å². The molecule has 242 valence electrons. The second kappa shape index (κ2) is 16.9. The predicted octanol–water partition coefficient (Wildman–Crippen LogP) is 9.59. The first-order valence-electron chi connectivity index (χ1n) is 16.4. The Morgan fingerprint density at radius 2 is 1.28 bits per heavy atom. The molecule has 0 saturated carbocycles. The zero-order chi connectivity index (χ0) is 32.9. The van der Waals surface area contributed by atoms with E-state index in [1.54, 1.807) is 6.08 Å². The Kier molecular flexibility index (Phi) is 12.8. The topological polar surface area (TPSA) is 56.8 Å². The molecule has 0 bridgehead atoms. The molecule has 0 spiro atoms. The predicted molar refractivity (Wildman–Crippen MR) is 194 cm³/mol. The van der Waals surface area contributed by atoms with Gasteiger partial charge in [-0.05, 0) is 72.9 Å². The minimum absolute atomic E-state index is 0.0525. The Hall–Kier alpha value is -4.19. The number of carbonyl (C=O) groups excluding carboxylic acids is 1. The van der Waals surface area contributed by atoms with Crippen LogP contribution in [-0.4, -0.2) is 43.8 Å². The van der Waals surface area contributed by atoms with Gasteiger partial charge >= 0.3 is 0 Å². The molecule has 0 atom stereocenters. The number of hydrogen-bond donors (Lipinski definition) is 1. The van der Waals surface area contributed by atoms with Gasteiger partial charge in [0.2, 0.25) is 0 Å². The van der Waals surface area contributed by atoms with Crippen LogP contribution in [-0.2, 0) is 9.53 Å². The number of nitrogens with one attached hydrogen (secondary N) is 1. The first-order valence-corrected chi connectivity index (χ1v) is 16.4. The molecule has 0 radical (unpaired) electrons. The van der Waals surface area contributed by atoms with Gasteiger partial charge in [0.05, 0.1) is 12.2 Å². The van der Waals surface area contributed by atoms with Gasteiger partial charge in [0.25, 0.3) is 0 Å². The average molecular weight is 620 g/mol. The summed E-state index contributed by atoms with van der Waals surface area (Å²) in [5.74, 6) is 1.74. The molecule has 5 nitrogen and oxygen atoms in total. The van der Waals surface area contributed by atoms with Gasteiger partial charge < -0.3 is 19.5 Å². The van der Waals surface area contributed by atoms with Gasteiger partial charge in [-0.2, -0.15) is 0 Å². The van der Waals surface area contributed by atoms with Crippen LogP contribution >= 0.6 is 0 Å². The fraction of sp³-hybridized carbons (Fsp3) is 0.341. The molecule has 0 aromatic heterocycles. The second-order valence-corrected chi connectivity index (χ2v) is 12.7. The summed E-state index contributed by atoms with van der Waals surface area (Å²) in [6.07, 6.45) is 11.1. The van der Waals surface area contributed by atoms with Crippen LogP contribution in [0.4, 0.5) is 0 Å². The smallest absolute Gasteiger partial charge is 0.160 e. The van der Waals surface area contributed by atoms with Crippen molar-refractivity contribution in [3.8, 4) is 11.5 Å². The summed E-state index contributed by atoms with van der Waals surface area (Å²) in [5.41, 5.74) is 2.86. The van der Waals surface area contributed by atoms with Gasteiger partial charge in [0, 0.05) is 29.8 Å². The van der Waals surface area contributed by atoms with Gasteiger partial charge in [0.1, 0.15) is 24.7 Å². The maximum Gasteiger partial charge on any atom is 0.160 e. The highest BCUT2D eigenvalue weighted by Gasteiger charge is 2.11. The van der Waals surface area contributed by atoms with Crippen molar-refractivity contribution in [3.05, 3.63) is 108 Å². The van der Waals surface area contributed by atoms with Crippen LogP contribution in [0.15, 0.2) is 96.6 Å². The molecule has 4 aromatic carbocycles. The molecule has 4 aromatic rings. The lowest BCUT2D eigenvalue weighted by Crippen LogP contribution is -2.27. The lowest BCUT2D eigenvalue weighted by atomic mass is 10.00. The Morgan fingerprint density at radius 1 is 0.739 bits per heavy atom. The minimum atomic E-state index is -0.200. The SMILES string of the molecule is CC/C=C(/C=C/c1ccc(OCCNC(C)C)c2ccccc12)CC(=O)/C=C/c1ccc(OCCOC(C)(C)C)c2ccccc12. The molecule has 0 amide bonds. The quantitative estimate of drug-likeness (QED) is 0.0769. The average Bonchev–Trinajstić information content (AvgIpc) is 3.03. The van der Waals surface area contributed by atoms with Crippen molar-refractivity contribution in [2.45, 2.75) is 66.0 Å². The van der Waals surface area contributed by atoms with E-state index in [4.69, 9.17) is 14.2 Å². The van der Waals surface area contributed by atoms with Crippen LogP contribution in [0.1, 0.15) is 65.5 Å².